The van der Waals surface area contributed by atoms with Gasteiger partial charge in [-0.1, -0.05) is 44.4 Å². The quantitative estimate of drug-likeness (QED) is 0.444. The Morgan fingerprint density at radius 3 is 2.30 bits per heavy atom. The summed E-state index contributed by atoms with van der Waals surface area (Å²) in [5.41, 5.74) is 0. The smallest absolute Gasteiger partial charge is 0.220 e. The summed E-state index contributed by atoms with van der Waals surface area (Å²) >= 11 is 1.19. The predicted molar refractivity (Wildman–Crippen MR) is 83.8 cm³/mol. The van der Waals surface area contributed by atoms with E-state index in [1.54, 1.807) is 0 Å². The van der Waals surface area contributed by atoms with Crippen molar-refractivity contribution in [2.45, 2.75) is 65.2 Å². The second-order valence-electron chi connectivity index (χ2n) is 4.94. The van der Waals surface area contributed by atoms with Gasteiger partial charge in [0.25, 0.3) is 0 Å². The lowest BCUT2D eigenvalue weighted by molar-refractivity contribution is -0.121. The minimum atomic E-state index is 0.0222. The van der Waals surface area contributed by atoms with Crippen LogP contribution in [0, 0.1) is 0 Å². The number of thioether (sulfide) groups is 1. The molecule has 0 bridgehead atoms. The van der Waals surface area contributed by atoms with Crippen LogP contribution in [0.1, 0.15) is 65.2 Å². The van der Waals surface area contributed by atoms with Gasteiger partial charge in [0.05, 0.1) is 0 Å². The number of ketones is 1. The van der Waals surface area contributed by atoms with Crippen molar-refractivity contribution in [3.8, 4) is 0 Å². The van der Waals surface area contributed by atoms with Crippen molar-refractivity contribution >= 4 is 28.6 Å². The van der Waals surface area contributed by atoms with Crippen molar-refractivity contribution in [3.05, 3.63) is 0 Å². The van der Waals surface area contributed by atoms with Crippen LogP contribution in [0.25, 0.3) is 0 Å². The van der Waals surface area contributed by atoms with Gasteiger partial charge in [-0.15, -0.1) is 0 Å². The molecule has 0 heterocycles. The van der Waals surface area contributed by atoms with E-state index in [2.05, 4.69) is 12.2 Å². The van der Waals surface area contributed by atoms with Gasteiger partial charge in [0.1, 0.15) is 5.78 Å². The SMILES string of the molecule is CCCCCCCC(=O)NCCSC(=O)C[13CH2][13C](C)=O. The fourth-order valence-corrected chi connectivity index (χ4v) is 2.36. The number of nitrogens with one attached hydrogen (secondary N) is 1. The predicted octanol–water partition coefficient (Wildman–Crippen LogP) is 3.09. The molecule has 1 amide bonds. The van der Waals surface area contributed by atoms with Gasteiger partial charge in [0, 0.05) is 31.6 Å². The van der Waals surface area contributed by atoms with Crippen molar-refractivity contribution < 1.29 is 14.4 Å². The summed E-state index contributed by atoms with van der Waals surface area (Å²) in [4.78, 5) is 33.6. The van der Waals surface area contributed by atoms with E-state index in [0.29, 0.717) is 31.6 Å². The molecule has 0 saturated carbocycles. The summed E-state index contributed by atoms with van der Waals surface area (Å²) in [6, 6.07) is 0. The number of Topliss-reactive ketones (excluding diaryl/α,β-unsaturated/α-hetero) is 1. The van der Waals surface area contributed by atoms with Crippen LogP contribution in [-0.2, 0) is 14.4 Å². The molecule has 0 atom stereocenters. The van der Waals surface area contributed by atoms with Crippen molar-refractivity contribution in [2.24, 2.45) is 0 Å². The van der Waals surface area contributed by atoms with Crippen molar-refractivity contribution in [3.63, 3.8) is 0 Å². The lowest BCUT2D eigenvalue weighted by Gasteiger charge is -2.04. The maximum absolute atomic E-state index is 11.5. The van der Waals surface area contributed by atoms with E-state index in [-0.39, 0.29) is 16.8 Å². The van der Waals surface area contributed by atoms with Gasteiger partial charge in [-0.25, -0.2) is 0 Å². The van der Waals surface area contributed by atoms with E-state index in [0.717, 1.165) is 12.8 Å². The molecule has 20 heavy (non-hydrogen) atoms. The second kappa shape index (κ2) is 13.2. The van der Waals surface area contributed by atoms with Crippen LogP contribution in [0.15, 0.2) is 0 Å². The minimum Gasteiger partial charge on any atom is -0.355 e. The van der Waals surface area contributed by atoms with E-state index in [9.17, 15) is 14.4 Å². The third kappa shape index (κ3) is 13.6. The molecule has 0 aromatic heterocycles. The van der Waals surface area contributed by atoms with Crippen molar-refractivity contribution in [2.75, 3.05) is 12.3 Å². The zero-order valence-corrected chi connectivity index (χ0v) is 13.5. The highest BCUT2D eigenvalue weighted by molar-refractivity contribution is 8.13. The Morgan fingerprint density at radius 2 is 1.65 bits per heavy atom. The standard InChI is InChI=1S/C15H27NO3S/c1-3-4-5-6-7-8-14(18)16-11-12-20-15(19)10-9-13(2)17/h3-12H2,1-2H3,(H,16,18)/i9+1,13+1. The van der Waals surface area contributed by atoms with Gasteiger partial charge in [0.15, 0.2) is 5.12 Å². The number of carbonyl (C=O) groups is 3. The molecule has 0 aromatic carbocycles. The number of rotatable bonds is 12. The summed E-state index contributed by atoms with van der Waals surface area (Å²) in [7, 11) is 0. The van der Waals surface area contributed by atoms with Crippen LogP contribution in [-0.4, -0.2) is 29.1 Å². The number of hydrogen-bond acceptors (Lipinski definition) is 4. The molecule has 4 nitrogen and oxygen atoms in total. The largest absolute Gasteiger partial charge is 0.355 e. The van der Waals surface area contributed by atoms with Crippen LogP contribution < -0.4 is 5.32 Å². The fourth-order valence-electron chi connectivity index (χ4n) is 1.68. The number of carbonyl (C=O) groups excluding carboxylic acids is 3. The molecule has 116 valence electrons. The second-order valence-corrected chi connectivity index (χ2v) is 6.09. The highest BCUT2D eigenvalue weighted by atomic mass is 32.2. The molecule has 0 aliphatic heterocycles. The molecule has 0 unspecified atom stereocenters. The Bertz CT molecular complexity index is 305. The van der Waals surface area contributed by atoms with E-state index >= 15 is 0 Å². The lowest BCUT2D eigenvalue weighted by atomic mass is 10.1. The zero-order chi connectivity index (χ0) is 15.2. The van der Waals surface area contributed by atoms with E-state index in [1.807, 2.05) is 0 Å². The normalized spacial score (nSPS) is 10.3. The average Bonchev–Trinajstić information content (AvgIpc) is 2.41. The van der Waals surface area contributed by atoms with Gasteiger partial charge < -0.3 is 10.1 Å². The molecule has 0 aliphatic rings. The van der Waals surface area contributed by atoms with Gasteiger partial charge in [-0.3, -0.25) is 9.59 Å². The maximum atomic E-state index is 11.5. The molecular weight excluding hydrogens is 276 g/mol. The summed E-state index contributed by atoms with van der Waals surface area (Å²) in [6.07, 6.45) is 6.88. The first-order chi connectivity index (χ1) is 9.56. The Kier molecular flexibility index (Phi) is 12.6. The summed E-state index contributed by atoms with van der Waals surface area (Å²) in [6.45, 7) is 4.17. The van der Waals surface area contributed by atoms with Gasteiger partial charge in [-0.05, 0) is 13.3 Å². The van der Waals surface area contributed by atoms with Crippen molar-refractivity contribution in [1.29, 1.82) is 0 Å². The van der Waals surface area contributed by atoms with Crippen LogP contribution in [0.3, 0.4) is 0 Å². The molecule has 1 N–H and O–H groups in total. The Labute approximate surface area is 126 Å². The topological polar surface area (TPSA) is 63.2 Å². The highest BCUT2D eigenvalue weighted by Gasteiger charge is 2.05. The van der Waals surface area contributed by atoms with E-state index < -0.39 is 0 Å². The molecule has 0 saturated heterocycles. The average molecular weight is 303 g/mol. The molecule has 0 fully saturated rings. The number of amides is 1. The highest BCUT2D eigenvalue weighted by Crippen LogP contribution is 2.07. The zero-order valence-electron chi connectivity index (χ0n) is 12.7. The molecule has 0 aliphatic carbocycles. The Balaban J connectivity index is 3.38. The third-order valence-electron chi connectivity index (χ3n) is 2.88. The lowest BCUT2D eigenvalue weighted by Crippen LogP contribution is -2.25. The Morgan fingerprint density at radius 1 is 0.950 bits per heavy atom. The summed E-state index contributed by atoms with van der Waals surface area (Å²) in [5, 5.41) is 2.84. The van der Waals surface area contributed by atoms with E-state index in [4.69, 9.17) is 0 Å². The fraction of sp³-hybridized carbons (Fsp3) is 0.800. The number of unbranched alkanes of at least 4 members (excludes halogenated alkanes) is 4. The molecule has 0 radical (unpaired) electrons. The van der Waals surface area contributed by atoms with Crippen LogP contribution in [0.2, 0.25) is 0 Å². The number of hydrogen-bond donors (Lipinski definition) is 1. The summed E-state index contributed by atoms with van der Waals surface area (Å²) < 4.78 is 0. The Hall–Kier alpha value is -0.840. The molecule has 0 rings (SSSR count). The first kappa shape index (κ1) is 19.2. The van der Waals surface area contributed by atoms with Crippen LogP contribution >= 0.6 is 11.8 Å². The molecule has 5 heteroatoms. The first-order valence-electron chi connectivity index (χ1n) is 7.48. The molecule has 0 spiro atoms. The van der Waals surface area contributed by atoms with Crippen molar-refractivity contribution in [1.82, 2.24) is 5.32 Å². The first-order valence-corrected chi connectivity index (χ1v) is 8.46. The molecule has 0 aromatic rings. The monoisotopic (exact) mass is 303 g/mol. The summed E-state index contributed by atoms with van der Waals surface area (Å²) in [5.74, 6) is 0.687. The molecular formula is C15H27NO3S. The van der Waals surface area contributed by atoms with Gasteiger partial charge in [-0.2, -0.15) is 0 Å². The van der Waals surface area contributed by atoms with Gasteiger partial charge >= 0.3 is 0 Å². The van der Waals surface area contributed by atoms with Crippen LogP contribution in [0.4, 0.5) is 0 Å². The van der Waals surface area contributed by atoms with Gasteiger partial charge in [0.2, 0.25) is 5.91 Å². The van der Waals surface area contributed by atoms with Crippen LogP contribution in [0.5, 0.6) is 0 Å². The van der Waals surface area contributed by atoms with E-state index in [1.165, 1.54) is 37.9 Å². The maximum Gasteiger partial charge on any atom is 0.220 e. The minimum absolute atomic E-state index is 0.0222. The third-order valence-corrected chi connectivity index (χ3v) is 3.81.